The van der Waals surface area contributed by atoms with Gasteiger partial charge in [0.1, 0.15) is 0 Å². The third-order valence-electron chi connectivity index (χ3n) is 13.9. The number of hydrogen-bond donors (Lipinski definition) is 0. The number of rotatable bonds is 10. The van der Waals surface area contributed by atoms with Gasteiger partial charge in [-0.1, -0.05) is 189 Å². The van der Waals surface area contributed by atoms with Gasteiger partial charge in [-0.25, -0.2) is 9.80 Å². The molecule has 0 N–H and O–H groups in total. The van der Waals surface area contributed by atoms with Crippen LogP contribution in [0.4, 0.5) is 11.4 Å². The summed E-state index contributed by atoms with van der Waals surface area (Å²) in [4.78, 5) is 63.3. The number of hydrogen-bond acceptors (Lipinski definition) is 4. The van der Waals surface area contributed by atoms with Crippen molar-refractivity contribution in [2.24, 2.45) is 0 Å². The first-order valence-corrected chi connectivity index (χ1v) is 23.8. The standard InChI is InChI=1S/C62H54N2O4/c1-35(2)41-23-15-24-42(36(3)4)57(41)63-59(65)49-29-17-27-45-47(31-33-51(54(45)49)61(63)67)56(53(39-19-11-9-12-20-39)40-21-13-10-14-22-40)48-32-34-52-55-46(48)28-18-30-50(55)60(66)64(62(52)68)58-43(37(5)6)25-16-26-44(58)38(7)8/h9-38H,1-8H3. The van der Waals surface area contributed by atoms with E-state index in [1.54, 1.807) is 0 Å². The Hall–Kier alpha value is -7.70. The van der Waals surface area contributed by atoms with Gasteiger partial charge in [-0.2, -0.15) is 0 Å². The van der Waals surface area contributed by atoms with E-state index >= 15 is 19.2 Å². The highest BCUT2D eigenvalue weighted by Crippen LogP contribution is 2.48. The lowest BCUT2D eigenvalue weighted by molar-refractivity contribution is 0.0877. The number of anilines is 2. The third kappa shape index (κ3) is 6.92. The fourth-order valence-corrected chi connectivity index (χ4v) is 10.7. The molecule has 0 saturated carbocycles. The molecule has 2 heterocycles. The van der Waals surface area contributed by atoms with Gasteiger partial charge >= 0.3 is 0 Å². The van der Waals surface area contributed by atoms with Crippen LogP contribution in [-0.2, 0) is 0 Å². The molecule has 0 radical (unpaired) electrons. The van der Waals surface area contributed by atoms with Crippen LogP contribution in [0.3, 0.4) is 0 Å². The van der Waals surface area contributed by atoms with Gasteiger partial charge in [-0.3, -0.25) is 19.2 Å². The molecule has 0 spiro atoms. The quantitative estimate of drug-likeness (QED) is 0.101. The molecule has 10 rings (SSSR count). The number of carbonyl (C=O) groups is 4. The highest BCUT2D eigenvalue weighted by molar-refractivity contribution is 6.38. The van der Waals surface area contributed by atoms with E-state index in [0.717, 1.165) is 66.4 Å². The number of nitrogens with zero attached hydrogens (tertiary/aromatic N) is 2. The first-order valence-electron chi connectivity index (χ1n) is 23.8. The summed E-state index contributed by atoms with van der Waals surface area (Å²) in [7, 11) is 0. The smallest absolute Gasteiger partial charge is 0.266 e. The maximum absolute atomic E-state index is 15.1. The van der Waals surface area contributed by atoms with Crippen molar-refractivity contribution in [1.29, 1.82) is 0 Å². The molecule has 0 unspecified atom stereocenters. The van der Waals surface area contributed by atoms with Crippen molar-refractivity contribution in [2.75, 3.05) is 9.80 Å². The topological polar surface area (TPSA) is 74.8 Å². The van der Waals surface area contributed by atoms with Crippen molar-refractivity contribution in [1.82, 2.24) is 0 Å². The minimum Gasteiger partial charge on any atom is -0.268 e. The summed E-state index contributed by atoms with van der Waals surface area (Å²) in [6, 6.07) is 51.7. The average molecular weight is 891 g/mol. The molecule has 68 heavy (non-hydrogen) atoms. The van der Waals surface area contributed by atoms with Crippen molar-refractivity contribution in [3.05, 3.63) is 224 Å². The van der Waals surface area contributed by atoms with Crippen molar-refractivity contribution in [2.45, 2.75) is 79.1 Å². The second-order valence-corrected chi connectivity index (χ2v) is 19.3. The Balaban J connectivity index is 1.26. The molecule has 8 aromatic rings. The first-order chi connectivity index (χ1) is 32.8. The van der Waals surface area contributed by atoms with Crippen LogP contribution in [0.5, 0.6) is 0 Å². The predicted octanol–water partition coefficient (Wildman–Crippen LogP) is 15.1. The fourth-order valence-electron chi connectivity index (χ4n) is 10.7. The van der Waals surface area contributed by atoms with Gasteiger partial charge in [0.15, 0.2) is 0 Å². The Bertz CT molecular complexity index is 3110. The van der Waals surface area contributed by atoms with Gasteiger partial charge in [0.2, 0.25) is 0 Å². The van der Waals surface area contributed by atoms with Crippen LogP contribution in [0, 0.1) is 0 Å². The van der Waals surface area contributed by atoms with E-state index in [4.69, 9.17) is 0 Å². The lowest BCUT2D eigenvalue weighted by atomic mass is 9.79. The molecule has 4 amide bonds. The molecule has 2 aliphatic rings. The van der Waals surface area contributed by atoms with E-state index in [0.29, 0.717) is 44.4 Å². The Labute approximate surface area is 398 Å². The van der Waals surface area contributed by atoms with Crippen LogP contribution in [0.2, 0.25) is 0 Å². The van der Waals surface area contributed by atoms with Gasteiger partial charge < -0.3 is 0 Å². The molecule has 0 atom stereocenters. The Morgan fingerprint density at radius 3 is 0.956 bits per heavy atom. The van der Waals surface area contributed by atoms with Gasteiger partial charge in [0, 0.05) is 33.0 Å². The van der Waals surface area contributed by atoms with E-state index < -0.39 is 0 Å². The van der Waals surface area contributed by atoms with Gasteiger partial charge in [-0.15, -0.1) is 0 Å². The lowest BCUT2D eigenvalue weighted by Crippen LogP contribution is -2.42. The van der Waals surface area contributed by atoms with Gasteiger partial charge in [-0.05, 0) is 114 Å². The normalized spacial score (nSPS) is 13.6. The average Bonchev–Trinajstić information content (AvgIpc) is 3.34. The van der Waals surface area contributed by atoms with Crippen molar-refractivity contribution in [3.63, 3.8) is 0 Å². The van der Waals surface area contributed by atoms with Crippen molar-refractivity contribution < 1.29 is 19.2 Å². The minimum absolute atomic E-state index is 0.0649. The minimum atomic E-state index is -0.361. The molecule has 0 saturated heterocycles. The van der Waals surface area contributed by atoms with Crippen LogP contribution < -0.4 is 9.80 Å². The molecule has 336 valence electrons. The summed E-state index contributed by atoms with van der Waals surface area (Å²) < 4.78 is 0. The van der Waals surface area contributed by atoms with Gasteiger partial charge in [0.05, 0.1) is 11.4 Å². The Morgan fingerprint density at radius 1 is 0.324 bits per heavy atom. The number of imide groups is 2. The number of amides is 4. The molecule has 0 bridgehead atoms. The summed E-state index contributed by atoms with van der Waals surface area (Å²) in [5.74, 6) is -1.19. The molecular weight excluding hydrogens is 837 g/mol. The maximum Gasteiger partial charge on any atom is 0.266 e. The highest BCUT2D eigenvalue weighted by Gasteiger charge is 2.40. The van der Waals surface area contributed by atoms with E-state index in [9.17, 15) is 0 Å². The molecule has 8 aromatic carbocycles. The van der Waals surface area contributed by atoms with Crippen molar-refractivity contribution in [3.8, 4) is 0 Å². The molecule has 6 nitrogen and oxygen atoms in total. The largest absolute Gasteiger partial charge is 0.268 e. The zero-order chi connectivity index (χ0) is 47.7. The van der Waals surface area contributed by atoms with Crippen LogP contribution in [0.25, 0.3) is 32.7 Å². The summed E-state index contributed by atoms with van der Waals surface area (Å²) in [6.45, 7) is 16.7. The lowest BCUT2D eigenvalue weighted by Gasteiger charge is -2.33. The van der Waals surface area contributed by atoms with E-state index in [-0.39, 0.29) is 47.3 Å². The number of para-hydroxylation sites is 2. The van der Waals surface area contributed by atoms with Gasteiger partial charge in [0.25, 0.3) is 23.6 Å². The zero-order valence-corrected chi connectivity index (χ0v) is 39.8. The molecule has 2 aliphatic heterocycles. The maximum atomic E-state index is 15.1. The molecule has 6 heteroatoms. The van der Waals surface area contributed by atoms with Crippen LogP contribution >= 0.6 is 0 Å². The van der Waals surface area contributed by atoms with E-state index in [1.807, 2.05) is 133 Å². The third-order valence-corrected chi connectivity index (χ3v) is 13.9. The van der Waals surface area contributed by atoms with Crippen LogP contribution in [-0.4, -0.2) is 23.6 Å². The van der Waals surface area contributed by atoms with E-state index in [1.165, 1.54) is 9.80 Å². The monoisotopic (exact) mass is 890 g/mol. The molecule has 0 fully saturated rings. The fraction of sp³-hybridized carbons (Fsp3) is 0.194. The van der Waals surface area contributed by atoms with Crippen LogP contribution in [0.1, 0.15) is 165 Å². The SMILES string of the molecule is CC(C)c1cccc(C(C)C)c1N1C(=O)c2cccc3c(C(=C(c4ccccc4)c4ccccc4)c4ccc5c6c(cccc46)C(=O)N(c4c(C(C)C)cccc4C(C)C)C5=O)ccc(c23)C1=O. The second-order valence-electron chi connectivity index (χ2n) is 19.3. The molecule has 0 aliphatic carbocycles. The summed E-state index contributed by atoms with van der Waals surface area (Å²) in [6.07, 6.45) is 0. The van der Waals surface area contributed by atoms with Crippen LogP contribution in [0.15, 0.2) is 158 Å². The Kier molecular flexibility index (Phi) is 11.2. The number of benzene rings is 8. The summed E-state index contributed by atoms with van der Waals surface area (Å²) >= 11 is 0. The molecule has 0 aromatic heterocycles. The summed E-state index contributed by atoms with van der Waals surface area (Å²) in [5.41, 5.74) is 12.1. The van der Waals surface area contributed by atoms with E-state index in [2.05, 4.69) is 79.7 Å². The number of carbonyl (C=O) groups excluding carboxylic acids is 4. The Morgan fingerprint density at radius 2 is 0.632 bits per heavy atom. The molecular formula is C62H54N2O4. The highest BCUT2D eigenvalue weighted by atomic mass is 16.2. The predicted molar refractivity (Wildman–Crippen MR) is 277 cm³/mol. The first kappa shape index (κ1) is 44.2. The van der Waals surface area contributed by atoms with Crippen molar-refractivity contribution >= 4 is 67.7 Å². The second kappa shape index (κ2) is 17.2. The zero-order valence-electron chi connectivity index (χ0n) is 39.8. The summed E-state index contributed by atoms with van der Waals surface area (Å²) in [5, 5.41) is 2.67.